The minimum absolute atomic E-state index is 0.00444. The molecule has 10 aromatic rings. The number of hydrogen-bond acceptors (Lipinski definition) is 23. The van der Waals surface area contributed by atoms with Crippen LogP contribution in [-0.4, -0.2) is 10.0 Å². The molecule has 10 rings (SSSR count). The second kappa shape index (κ2) is 40.9. The fourth-order valence-corrected chi connectivity index (χ4v) is 7.78. The molecule has 0 aliphatic heterocycles. The van der Waals surface area contributed by atoms with E-state index in [1.54, 1.807) is 48.5 Å². The predicted octanol–water partition coefficient (Wildman–Crippen LogP) is 12.8. The molecule has 0 aliphatic carbocycles. The number of aryl methyl sites for hydroxylation is 4. The molecule has 0 bridgehead atoms. The van der Waals surface area contributed by atoms with E-state index >= 15 is 0 Å². The van der Waals surface area contributed by atoms with E-state index in [0.29, 0.717) is 112 Å². The number of rotatable bonds is 2. The van der Waals surface area contributed by atoms with Crippen LogP contribution in [0.15, 0.2) is 168 Å². The number of anilines is 20. The lowest BCUT2D eigenvalue weighted by Crippen LogP contribution is -1.96. The zero-order chi connectivity index (χ0) is 73.4. The quantitative estimate of drug-likeness (QED) is 0.0434. The molecule has 41 N–H and O–H groups in total. The molecule has 31 heteroatoms. The van der Waals surface area contributed by atoms with Gasteiger partial charge in [0.1, 0.15) is 11.6 Å². The van der Waals surface area contributed by atoms with Crippen molar-refractivity contribution in [3.63, 3.8) is 0 Å². The van der Waals surface area contributed by atoms with Crippen LogP contribution in [0.3, 0.4) is 0 Å². The summed E-state index contributed by atoms with van der Waals surface area (Å²) < 4.78 is 25.6. The summed E-state index contributed by atoms with van der Waals surface area (Å²) in [5, 5.41) is 20.3. The summed E-state index contributed by atoms with van der Waals surface area (Å²) >= 11 is 25.5. The molecule has 0 aliphatic rings. The summed E-state index contributed by atoms with van der Waals surface area (Å²) in [5.41, 5.74) is 124. The first-order valence-corrected chi connectivity index (χ1v) is 29.8. The first kappa shape index (κ1) is 83.1. The molecule has 0 radical (unpaired) electrons. The van der Waals surface area contributed by atoms with Gasteiger partial charge in [0.05, 0.1) is 140 Å². The molecule has 0 amide bonds. The van der Waals surface area contributed by atoms with Crippen LogP contribution in [0.5, 0.6) is 0 Å². The number of nitro benzene ring substituents is 1. The van der Waals surface area contributed by atoms with Crippen molar-refractivity contribution in [2.45, 2.75) is 34.3 Å². The summed E-state index contributed by atoms with van der Waals surface area (Å²) in [6.07, 6.45) is 0. The number of halogens is 7. The van der Waals surface area contributed by atoms with Crippen LogP contribution in [0.4, 0.5) is 128 Å². The highest BCUT2D eigenvalue weighted by atomic mass is 79.9. The van der Waals surface area contributed by atoms with E-state index in [1.165, 1.54) is 65.7 Å². The van der Waals surface area contributed by atoms with E-state index in [4.69, 9.17) is 166 Å². The van der Waals surface area contributed by atoms with Gasteiger partial charge in [-0.3, -0.25) is 10.1 Å². The van der Waals surface area contributed by atoms with Gasteiger partial charge in [-0.1, -0.05) is 70.7 Å². The number of non-ortho nitro benzene ring substituents is 1. The van der Waals surface area contributed by atoms with E-state index in [1.807, 2.05) is 82.3 Å². The highest BCUT2D eigenvalue weighted by Crippen LogP contribution is 2.30. The van der Waals surface area contributed by atoms with Crippen LogP contribution in [0.1, 0.15) is 27.8 Å². The number of nitrogens with zero attached hydrogens (tertiary/aromatic N) is 1. The molecule has 24 nitrogen and oxygen atoms in total. The Morgan fingerprint density at radius 2 is 0.729 bits per heavy atom. The Morgan fingerprint density at radius 1 is 0.375 bits per heavy atom. The lowest BCUT2D eigenvalue weighted by Gasteiger charge is -2.03. The van der Waals surface area contributed by atoms with Gasteiger partial charge in [0.2, 0.25) is 0 Å². The van der Waals surface area contributed by atoms with Crippen LogP contribution in [-0.2, 0) is 6.61 Å². The number of aliphatic hydroxyl groups excluding tert-OH is 1. The molecule has 0 saturated heterocycles. The molecule has 0 spiro atoms. The number of benzene rings is 10. The van der Waals surface area contributed by atoms with E-state index in [0.717, 1.165) is 27.2 Å². The maximum atomic E-state index is 12.5. The maximum absolute atomic E-state index is 12.5. The number of nitrogens with two attached hydrogens (primary N) is 20. The number of para-hydroxylation sites is 2. The lowest BCUT2D eigenvalue weighted by atomic mass is 10.1. The predicted molar refractivity (Wildman–Crippen MR) is 412 cm³/mol. The summed E-state index contributed by atoms with van der Waals surface area (Å²) in [7, 11) is 0. The van der Waals surface area contributed by atoms with Crippen LogP contribution in [0.25, 0.3) is 0 Å². The van der Waals surface area contributed by atoms with Crippen molar-refractivity contribution in [3.05, 3.63) is 238 Å². The number of nitro groups is 1. The smallest absolute Gasteiger partial charge is 0.271 e. The standard InChI is InChI=1S/C8H12N2.C7H9BrN2.C7H10N2O.C7H10N2.C6H6Cl2N2.C6H6ClFN2.C6H7ClN2.C6H7FN2.C6H7N3O2.C6H8N2/c1-5-3-7(9)8(10)4-6(5)2;1-4-2-5(8)7(10)6(9)3-4;8-6-2-1-5(4-10)3-7(6)9;1-5-2-3-6(8)7(9)4-5;2*7-3-1-5(9)6(10)2-4(3)8;2*7-4-1-2-5(8)6(9)3-4;7-5-2-1-4(9(10)11)3-6(5)8;7-5-3-1-2-4-6(5)8/h3-4H,9-10H2,1-2H3;2-3H,9-10H2,1H3;1-3,10H,4,8-9H2;2-4H,8-9H2,1H3;2*1-2H,9-10H2;2*1-3H,8-9H2;1-3H,7-8H2;1-4H,7-8H2. The van der Waals surface area contributed by atoms with Crippen molar-refractivity contribution in [1.29, 1.82) is 0 Å². The van der Waals surface area contributed by atoms with Gasteiger partial charge in [0.25, 0.3) is 5.69 Å². The number of nitrogen functional groups attached to an aromatic ring is 20. The second-order valence-electron chi connectivity index (χ2n) is 20.1. The van der Waals surface area contributed by atoms with E-state index in [2.05, 4.69) is 15.9 Å². The van der Waals surface area contributed by atoms with E-state index < -0.39 is 10.7 Å². The van der Waals surface area contributed by atoms with Crippen molar-refractivity contribution < 1.29 is 18.8 Å². The van der Waals surface area contributed by atoms with Gasteiger partial charge >= 0.3 is 0 Å². The fraction of sp³-hybridized carbons (Fsp3) is 0.0769. The minimum atomic E-state index is -0.548. The molecule has 96 heavy (non-hydrogen) atoms. The molecule has 0 heterocycles. The highest BCUT2D eigenvalue weighted by molar-refractivity contribution is 9.10. The summed E-state index contributed by atoms with van der Waals surface area (Å²) in [6, 6.07) is 43.8. The third kappa shape index (κ3) is 30.7. The van der Waals surface area contributed by atoms with Crippen molar-refractivity contribution >= 4 is 182 Å². The topological polar surface area (TPSA) is 584 Å². The average molecular weight is 1470 g/mol. The van der Waals surface area contributed by atoms with Crippen LogP contribution >= 0.6 is 62.3 Å². The van der Waals surface area contributed by atoms with Crippen LogP contribution < -0.4 is 115 Å². The Hall–Kier alpha value is -10.9. The van der Waals surface area contributed by atoms with Gasteiger partial charge in [-0.25, -0.2) is 8.78 Å². The van der Waals surface area contributed by atoms with Crippen molar-refractivity contribution in [2.75, 3.05) is 115 Å². The van der Waals surface area contributed by atoms with Gasteiger partial charge < -0.3 is 120 Å². The van der Waals surface area contributed by atoms with Gasteiger partial charge in [0, 0.05) is 27.7 Å². The zero-order valence-electron chi connectivity index (χ0n) is 52.7. The zero-order valence-corrected chi connectivity index (χ0v) is 57.3. The van der Waals surface area contributed by atoms with Gasteiger partial charge in [-0.2, -0.15) is 0 Å². The lowest BCUT2D eigenvalue weighted by molar-refractivity contribution is -0.384. The first-order valence-electron chi connectivity index (χ1n) is 27.5. The normalized spacial score (nSPS) is 9.58. The monoisotopic (exact) mass is 1460 g/mol. The molecule has 514 valence electrons. The molecule has 10 aromatic carbocycles. The Kier molecular flexibility index (Phi) is 35.4. The maximum Gasteiger partial charge on any atom is 0.271 e. The molecular weight excluding hydrogens is 1380 g/mol. The SMILES string of the molecule is Cc1cc(N)c(N)c(Br)c1.Cc1cc(N)c(N)cc1C.Cc1ccc(N)c(N)c1.Nc1cc(Cl)c(Cl)cc1N.Nc1cc(F)c(Cl)cc1N.Nc1ccc(CO)cc1N.Nc1ccc(Cl)cc1N.Nc1ccc(F)cc1N.Nc1ccc([N+](=O)[O-])cc1N.Nc1ccccc1N. The summed E-state index contributed by atoms with van der Waals surface area (Å²) in [6.45, 7) is 8.00. The van der Waals surface area contributed by atoms with Crippen molar-refractivity contribution in [3.8, 4) is 0 Å². The third-order valence-corrected chi connectivity index (χ3v) is 14.1. The van der Waals surface area contributed by atoms with Crippen molar-refractivity contribution in [2.24, 2.45) is 0 Å². The minimum Gasteiger partial charge on any atom is -0.397 e. The largest absolute Gasteiger partial charge is 0.397 e. The van der Waals surface area contributed by atoms with Crippen molar-refractivity contribution in [1.82, 2.24) is 0 Å². The Labute approximate surface area is 583 Å². The molecule has 0 aromatic heterocycles. The molecular formula is C65H82BrCl4F2N21O3. The van der Waals surface area contributed by atoms with Gasteiger partial charge in [-0.05, 0) is 193 Å². The van der Waals surface area contributed by atoms with Crippen LogP contribution in [0, 0.1) is 49.4 Å². The summed E-state index contributed by atoms with van der Waals surface area (Å²) in [4.78, 5) is 9.66. The second-order valence-corrected chi connectivity index (χ2v) is 22.6. The average Bonchev–Trinajstić information content (AvgIpc) is 1.36. The van der Waals surface area contributed by atoms with Gasteiger partial charge in [-0.15, -0.1) is 0 Å². The third-order valence-electron chi connectivity index (χ3n) is 12.2. The first-order chi connectivity index (χ1) is 44.7. The number of hydrogen-bond donors (Lipinski definition) is 21. The fourth-order valence-electron chi connectivity index (χ4n) is 6.49. The Balaban J connectivity index is 0.000000534. The molecule has 0 saturated carbocycles. The Bertz CT molecular complexity index is 3740. The van der Waals surface area contributed by atoms with E-state index in [-0.39, 0.29) is 40.2 Å². The molecule has 0 unspecified atom stereocenters. The highest BCUT2D eigenvalue weighted by Gasteiger charge is 2.07. The molecule has 0 fully saturated rings. The van der Waals surface area contributed by atoms with E-state index in [9.17, 15) is 18.9 Å². The number of aliphatic hydroxyl groups is 1. The summed E-state index contributed by atoms with van der Waals surface area (Å²) in [5.74, 6) is -0.907. The van der Waals surface area contributed by atoms with Gasteiger partial charge in [0.15, 0.2) is 0 Å². The van der Waals surface area contributed by atoms with Crippen LogP contribution in [0.2, 0.25) is 20.1 Å². The molecule has 0 atom stereocenters. The Morgan fingerprint density at radius 3 is 1.09 bits per heavy atom.